The van der Waals surface area contributed by atoms with Gasteiger partial charge in [-0.05, 0) is 43.3 Å². The minimum Gasteiger partial charge on any atom is -0.497 e. The van der Waals surface area contributed by atoms with Gasteiger partial charge < -0.3 is 14.6 Å². The van der Waals surface area contributed by atoms with Crippen molar-refractivity contribution in [3.05, 3.63) is 106 Å². The summed E-state index contributed by atoms with van der Waals surface area (Å²) in [5.74, 6) is 0.0384. The van der Waals surface area contributed by atoms with Crippen molar-refractivity contribution in [3.63, 3.8) is 0 Å². The Morgan fingerprint density at radius 2 is 1.62 bits per heavy atom. The molecule has 0 saturated carbocycles. The number of carbonyl (C=O) groups excluding carboxylic acids is 2. The highest BCUT2D eigenvalue weighted by atomic mass is 16.5. The average Bonchev–Trinajstić information content (AvgIpc) is 2.81. The van der Waals surface area contributed by atoms with Crippen LogP contribution in [0, 0.1) is 6.92 Å². The molecular weight excluding hydrogens is 404 g/mol. The van der Waals surface area contributed by atoms with E-state index in [1.54, 1.807) is 72.3 Å². The first-order chi connectivity index (χ1) is 15.5. The minimum absolute atomic E-state index is 0.0322. The van der Waals surface area contributed by atoms with Crippen LogP contribution in [-0.4, -0.2) is 23.4 Å². The molecule has 0 unspecified atom stereocenters. The van der Waals surface area contributed by atoms with Crippen LogP contribution in [0.4, 0.5) is 5.69 Å². The number of rotatable bonds is 6. The van der Waals surface area contributed by atoms with Crippen molar-refractivity contribution in [1.29, 1.82) is 0 Å². The average molecular weight is 426 g/mol. The Labute approximate surface area is 185 Å². The van der Waals surface area contributed by atoms with Gasteiger partial charge in [0, 0.05) is 22.8 Å². The van der Waals surface area contributed by atoms with Crippen LogP contribution < -0.4 is 15.5 Å². The Kier molecular flexibility index (Phi) is 5.85. The lowest BCUT2D eigenvalue weighted by Gasteiger charge is -2.14. The quantitative estimate of drug-likeness (QED) is 0.469. The summed E-state index contributed by atoms with van der Waals surface area (Å²) < 4.78 is 6.77. The zero-order valence-corrected chi connectivity index (χ0v) is 17.8. The SMILES string of the molecule is COc1ccc(NC(=O)Cn2cc(C(=O)c3ccc(C)cc3)c(=O)c3ccccc32)cc1. The highest BCUT2D eigenvalue weighted by Crippen LogP contribution is 2.17. The summed E-state index contributed by atoms with van der Waals surface area (Å²) in [6, 6.07) is 21.0. The molecule has 1 heterocycles. The summed E-state index contributed by atoms with van der Waals surface area (Å²) >= 11 is 0. The third-order valence-corrected chi connectivity index (χ3v) is 5.23. The predicted octanol–water partition coefficient (Wildman–Crippen LogP) is 4.19. The summed E-state index contributed by atoms with van der Waals surface area (Å²) in [7, 11) is 1.57. The van der Waals surface area contributed by atoms with Gasteiger partial charge in [-0.15, -0.1) is 0 Å². The molecule has 0 saturated heterocycles. The Morgan fingerprint density at radius 3 is 2.31 bits per heavy atom. The first kappa shape index (κ1) is 21.1. The van der Waals surface area contributed by atoms with Crippen LogP contribution in [0.2, 0.25) is 0 Å². The molecule has 4 rings (SSSR count). The van der Waals surface area contributed by atoms with Crippen molar-refractivity contribution in [2.45, 2.75) is 13.5 Å². The summed E-state index contributed by atoms with van der Waals surface area (Å²) in [5.41, 5.74) is 2.34. The van der Waals surface area contributed by atoms with Crippen molar-refractivity contribution >= 4 is 28.3 Å². The molecule has 0 aliphatic rings. The Morgan fingerprint density at radius 1 is 0.938 bits per heavy atom. The molecule has 1 aromatic heterocycles. The number of ketones is 1. The highest BCUT2D eigenvalue weighted by molar-refractivity contribution is 6.10. The van der Waals surface area contributed by atoms with E-state index in [4.69, 9.17) is 4.74 Å². The van der Waals surface area contributed by atoms with E-state index in [0.717, 1.165) is 5.56 Å². The molecule has 6 heteroatoms. The van der Waals surface area contributed by atoms with Gasteiger partial charge >= 0.3 is 0 Å². The molecule has 0 spiro atoms. The van der Waals surface area contributed by atoms with Gasteiger partial charge in [-0.2, -0.15) is 0 Å². The van der Waals surface area contributed by atoms with E-state index in [1.165, 1.54) is 6.20 Å². The Hall–Kier alpha value is -4.19. The molecule has 1 N–H and O–H groups in total. The number of pyridine rings is 1. The number of fused-ring (bicyclic) bond motifs is 1. The van der Waals surface area contributed by atoms with Crippen molar-refractivity contribution in [2.24, 2.45) is 0 Å². The number of anilines is 1. The monoisotopic (exact) mass is 426 g/mol. The maximum Gasteiger partial charge on any atom is 0.244 e. The van der Waals surface area contributed by atoms with Crippen molar-refractivity contribution in [1.82, 2.24) is 4.57 Å². The second-order valence-corrected chi connectivity index (χ2v) is 7.49. The van der Waals surface area contributed by atoms with Gasteiger partial charge in [-0.3, -0.25) is 14.4 Å². The van der Waals surface area contributed by atoms with E-state index >= 15 is 0 Å². The number of amides is 1. The molecule has 0 aliphatic heterocycles. The standard InChI is InChI=1S/C26H22N2O4/c1-17-7-9-18(10-8-17)25(30)22-15-28(23-6-4-3-5-21(23)26(22)31)16-24(29)27-19-11-13-20(32-2)14-12-19/h3-15H,16H2,1-2H3,(H,27,29). The number of aromatic nitrogens is 1. The fraction of sp³-hybridized carbons (Fsp3) is 0.115. The molecule has 3 aromatic carbocycles. The Bertz CT molecular complexity index is 1350. The third kappa shape index (κ3) is 4.30. The van der Waals surface area contributed by atoms with Crippen molar-refractivity contribution < 1.29 is 14.3 Å². The molecule has 32 heavy (non-hydrogen) atoms. The van der Waals surface area contributed by atoms with Crippen LogP contribution in [0.15, 0.2) is 83.8 Å². The Balaban J connectivity index is 1.69. The number of aryl methyl sites for hydroxylation is 1. The molecule has 0 aliphatic carbocycles. The lowest BCUT2D eigenvalue weighted by molar-refractivity contribution is -0.116. The number of nitrogens with one attached hydrogen (secondary N) is 1. The van der Waals surface area contributed by atoms with Gasteiger partial charge in [0.2, 0.25) is 11.3 Å². The molecule has 0 bridgehead atoms. The molecule has 160 valence electrons. The second-order valence-electron chi connectivity index (χ2n) is 7.49. The summed E-state index contributed by atoms with van der Waals surface area (Å²) in [6.07, 6.45) is 1.47. The minimum atomic E-state index is -0.370. The van der Waals surface area contributed by atoms with Crippen LogP contribution in [0.1, 0.15) is 21.5 Å². The zero-order chi connectivity index (χ0) is 22.7. The normalized spacial score (nSPS) is 10.7. The van der Waals surface area contributed by atoms with E-state index in [-0.39, 0.29) is 29.2 Å². The molecule has 0 fully saturated rings. The van der Waals surface area contributed by atoms with E-state index < -0.39 is 0 Å². The number of methoxy groups -OCH3 is 1. The van der Waals surface area contributed by atoms with E-state index in [0.29, 0.717) is 27.9 Å². The number of para-hydroxylation sites is 1. The smallest absolute Gasteiger partial charge is 0.244 e. The van der Waals surface area contributed by atoms with E-state index in [1.807, 2.05) is 19.1 Å². The lowest BCUT2D eigenvalue weighted by atomic mass is 10.0. The molecular formula is C26H22N2O4. The lowest BCUT2D eigenvalue weighted by Crippen LogP contribution is -2.24. The van der Waals surface area contributed by atoms with Gasteiger partial charge in [0.25, 0.3) is 0 Å². The number of nitrogens with zero attached hydrogens (tertiary/aromatic N) is 1. The van der Waals surface area contributed by atoms with Crippen molar-refractivity contribution in [3.8, 4) is 5.75 Å². The molecule has 4 aromatic rings. The van der Waals surface area contributed by atoms with Gasteiger partial charge in [0.15, 0.2) is 5.78 Å². The summed E-state index contributed by atoms with van der Waals surface area (Å²) in [4.78, 5) is 38.9. The topological polar surface area (TPSA) is 77.4 Å². The number of hydrogen-bond donors (Lipinski definition) is 1. The second kappa shape index (κ2) is 8.89. The van der Waals surface area contributed by atoms with Crippen LogP contribution in [0.25, 0.3) is 10.9 Å². The van der Waals surface area contributed by atoms with Gasteiger partial charge in [-0.25, -0.2) is 0 Å². The van der Waals surface area contributed by atoms with Crippen LogP contribution in [0.3, 0.4) is 0 Å². The van der Waals surface area contributed by atoms with E-state index in [2.05, 4.69) is 5.32 Å². The maximum atomic E-state index is 13.1. The van der Waals surface area contributed by atoms with Gasteiger partial charge in [0.1, 0.15) is 12.3 Å². The fourth-order valence-corrected chi connectivity index (χ4v) is 3.53. The first-order valence-electron chi connectivity index (χ1n) is 10.1. The van der Waals surface area contributed by atoms with Crippen molar-refractivity contribution in [2.75, 3.05) is 12.4 Å². The third-order valence-electron chi connectivity index (χ3n) is 5.23. The molecule has 0 radical (unpaired) electrons. The number of hydrogen-bond acceptors (Lipinski definition) is 4. The van der Waals surface area contributed by atoms with Crippen LogP contribution >= 0.6 is 0 Å². The van der Waals surface area contributed by atoms with Crippen LogP contribution in [0.5, 0.6) is 5.75 Å². The van der Waals surface area contributed by atoms with Gasteiger partial charge in [0.05, 0.1) is 18.2 Å². The maximum absolute atomic E-state index is 13.1. The zero-order valence-electron chi connectivity index (χ0n) is 17.8. The molecule has 0 atom stereocenters. The first-order valence-corrected chi connectivity index (χ1v) is 10.1. The summed E-state index contributed by atoms with van der Waals surface area (Å²) in [6.45, 7) is 1.87. The number of carbonyl (C=O) groups is 2. The van der Waals surface area contributed by atoms with Gasteiger partial charge in [-0.1, -0.05) is 42.0 Å². The largest absolute Gasteiger partial charge is 0.497 e. The summed E-state index contributed by atoms with van der Waals surface area (Å²) in [5, 5.41) is 3.22. The fourth-order valence-electron chi connectivity index (χ4n) is 3.53. The molecule has 6 nitrogen and oxygen atoms in total. The van der Waals surface area contributed by atoms with E-state index in [9.17, 15) is 14.4 Å². The highest BCUT2D eigenvalue weighted by Gasteiger charge is 2.18. The van der Waals surface area contributed by atoms with Crippen LogP contribution in [-0.2, 0) is 11.3 Å². The number of ether oxygens (including phenoxy) is 1. The predicted molar refractivity (Wildman–Crippen MR) is 124 cm³/mol. The number of benzene rings is 3. The molecule has 1 amide bonds.